The summed E-state index contributed by atoms with van der Waals surface area (Å²) in [7, 11) is 0. The lowest BCUT2D eigenvalue weighted by atomic mass is 10.1. The third-order valence-electron chi connectivity index (χ3n) is 3.56. The van der Waals surface area contributed by atoms with Crippen LogP contribution in [0, 0.1) is 0 Å². The average Bonchev–Trinajstić information content (AvgIpc) is 2.44. The minimum absolute atomic E-state index is 0.341. The first-order chi connectivity index (χ1) is 11.7. The second-order valence-corrected chi connectivity index (χ2v) is 7.03. The van der Waals surface area contributed by atoms with Gasteiger partial charge in [-0.05, 0) is 27.2 Å². The molecule has 0 aromatic carbocycles. The molecule has 0 aliphatic rings. The molecular weight excluding hydrogens is 322 g/mol. The van der Waals surface area contributed by atoms with Gasteiger partial charge < -0.3 is 20.4 Å². The second kappa shape index (κ2) is 18.1. The van der Waals surface area contributed by atoms with E-state index < -0.39 is 24.3 Å². The van der Waals surface area contributed by atoms with Gasteiger partial charge in [0.05, 0.1) is 18.3 Å². The number of carbonyl (C=O) groups is 1. The fourth-order valence-electron chi connectivity index (χ4n) is 2.58. The Morgan fingerprint density at radius 2 is 1.12 bits per heavy atom. The van der Waals surface area contributed by atoms with Gasteiger partial charge in [-0.2, -0.15) is 0 Å². The van der Waals surface area contributed by atoms with Gasteiger partial charge in [0.1, 0.15) is 0 Å². The molecule has 0 saturated carbocycles. The van der Waals surface area contributed by atoms with E-state index in [9.17, 15) is 4.79 Å². The molecule has 25 heavy (non-hydrogen) atoms. The Morgan fingerprint density at radius 3 is 1.44 bits per heavy atom. The summed E-state index contributed by atoms with van der Waals surface area (Å²) >= 11 is 0. The molecule has 0 heterocycles. The van der Waals surface area contributed by atoms with Crippen molar-refractivity contribution < 1.29 is 25.2 Å². The summed E-state index contributed by atoms with van der Waals surface area (Å²) < 4.78 is 0. The number of hydrogen-bond acceptors (Lipinski definition) is 5. The molecule has 6 heteroatoms. The highest BCUT2D eigenvalue weighted by atomic mass is 16.4. The SMILES string of the molecule is CC(O)CN(CC(C)O)CC(C)O.CCCCCCCCCC(=O)O. The maximum Gasteiger partial charge on any atom is 0.303 e. The first kappa shape index (κ1) is 26.5. The van der Waals surface area contributed by atoms with Gasteiger partial charge in [0.15, 0.2) is 0 Å². The highest BCUT2D eigenvalue weighted by molar-refractivity contribution is 5.66. The van der Waals surface area contributed by atoms with E-state index in [4.69, 9.17) is 20.4 Å². The molecule has 3 unspecified atom stereocenters. The van der Waals surface area contributed by atoms with E-state index in [1.54, 1.807) is 20.8 Å². The van der Waals surface area contributed by atoms with Gasteiger partial charge in [-0.15, -0.1) is 0 Å². The molecule has 0 amide bonds. The standard InChI is InChI=1S/C10H20O2.C9H21NO3/c1-2-3-4-5-6-7-8-9-10(11)12;1-7(11)4-10(5-8(2)12)6-9(3)13/h2-9H2,1H3,(H,11,12);7-9,11-13H,4-6H2,1-3H3. The number of hydrogen-bond donors (Lipinski definition) is 4. The highest BCUT2D eigenvalue weighted by Gasteiger charge is 2.12. The van der Waals surface area contributed by atoms with E-state index in [2.05, 4.69) is 6.92 Å². The lowest BCUT2D eigenvalue weighted by Gasteiger charge is -2.25. The molecule has 3 atom stereocenters. The number of carboxylic acids is 1. The van der Waals surface area contributed by atoms with Crippen LogP contribution in [0.1, 0.15) is 79.1 Å². The molecule has 6 nitrogen and oxygen atoms in total. The Balaban J connectivity index is 0. The van der Waals surface area contributed by atoms with Crippen LogP contribution in [0.4, 0.5) is 0 Å². The van der Waals surface area contributed by atoms with E-state index in [1.807, 2.05) is 4.90 Å². The van der Waals surface area contributed by atoms with Crippen molar-refractivity contribution in [2.24, 2.45) is 0 Å². The summed E-state index contributed by atoms with van der Waals surface area (Å²) in [5.41, 5.74) is 0. The molecular formula is C19H41NO5. The predicted molar refractivity (Wildman–Crippen MR) is 102 cm³/mol. The van der Waals surface area contributed by atoms with Crippen LogP contribution in [-0.2, 0) is 4.79 Å². The summed E-state index contributed by atoms with van der Waals surface area (Å²) in [6.07, 6.45) is 7.34. The maximum absolute atomic E-state index is 10.1. The molecule has 0 bridgehead atoms. The third kappa shape index (κ3) is 25.7. The van der Waals surface area contributed by atoms with Crippen LogP contribution in [0.3, 0.4) is 0 Å². The van der Waals surface area contributed by atoms with Crippen molar-refractivity contribution in [1.82, 2.24) is 4.90 Å². The highest BCUT2D eigenvalue weighted by Crippen LogP contribution is 2.07. The Labute approximate surface area is 153 Å². The van der Waals surface area contributed by atoms with Crippen LogP contribution in [0.5, 0.6) is 0 Å². The first-order valence-corrected chi connectivity index (χ1v) is 9.67. The zero-order valence-electron chi connectivity index (χ0n) is 16.7. The number of aliphatic hydroxyl groups excluding tert-OH is 3. The van der Waals surface area contributed by atoms with Crippen molar-refractivity contribution in [3.8, 4) is 0 Å². The minimum Gasteiger partial charge on any atom is -0.481 e. The molecule has 0 aliphatic heterocycles. The number of unbranched alkanes of at least 4 members (excludes halogenated alkanes) is 6. The van der Waals surface area contributed by atoms with Crippen LogP contribution in [-0.4, -0.2) is 69.2 Å². The Kier molecular flexibility index (Phi) is 19.2. The number of nitrogens with zero attached hydrogens (tertiary/aromatic N) is 1. The summed E-state index contributed by atoms with van der Waals surface area (Å²) in [6, 6.07) is 0. The van der Waals surface area contributed by atoms with E-state index in [-0.39, 0.29) is 0 Å². The lowest BCUT2D eigenvalue weighted by molar-refractivity contribution is -0.137. The van der Waals surface area contributed by atoms with Gasteiger partial charge in [0.2, 0.25) is 0 Å². The summed E-state index contributed by atoms with van der Waals surface area (Å²) in [5, 5.41) is 35.8. The summed E-state index contributed by atoms with van der Waals surface area (Å²) in [4.78, 5) is 12.0. The van der Waals surface area contributed by atoms with Crippen LogP contribution in [0.15, 0.2) is 0 Å². The van der Waals surface area contributed by atoms with Crippen molar-refractivity contribution in [3.05, 3.63) is 0 Å². The summed E-state index contributed by atoms with van der Waals surface area (Å²) in [6.45, 7) is 8.72. The molecule has 0 aliphatic carbocycles. The Bertz CT molecular complexity index is 272. The third-order valence-corrected chi connectivity index (χ3v) is 3.56. The first-order valence-electron chi connectivity index (χ1n) is 9.67. The van der Waals surface area contributed by atoms with E-state index in [1.165, 1.54) is 32.1 Å². The minimum atomic E-state index is -0.663. The smallest absolute Gasteiger partial charge is 0.303 e. The van der Waals surface area contributed by atoms with E-state index in [0.717, 1.165) is 12.8 Å². The quantitative estimate of drug-likeness (QED) is 0.354. The van der Waals surface area contributed by atoms with Crippen LogP contribution in [0.25, 0.3) is 0 Å². The second-order valence-electron chi connectivity index (χ2n) is 7.03. The Morgan fingerprint density at radius 1 is 0.760 bits per heavy atom. The van der Waals surface area contributed by atoms with Crippen molar-refractivity contribution in [3.63, 3.8) is 0 Å². The number of aliphatic carboxylic acids is 1. The predicted octanol–water partition coefficient (Wildman–Crippen LogP) is 2.64. The summed E-state index contributed by atoms with van der Waals surface area (Å²) in [5.74, 6) is -0.663. The molecule has 0 fully saturated rings. The number of aliphatic hydroxyl groups is 3. The molecule has 0 aromatic rings. The van der Waals surface area contributed by atoms with Crippen molar-refractivity contribution >= 4 is 5.97 Å². The monoisotopic (exact) mass is 363 g/mol. The number of rotatable bonds is 14. The van der Waals surface area contributed by atoms with E-state index >= 15 is 0 Å². The maximum atomic E-state index is 10.1. The van der Waals surface area contributed by atoms with E-state index in [0.29, 0.717) is 26.1 Å². The molecule has 0 aromatic heterocycles. The molecule has 0 spiro atoms. The normalized spacial score (nSPS) is 14.6. The topological polar surface area (TPSA) is 101 Å². The van der Waals surface area contributed by atoms with Gasteiger partial charge in [0.25, 0.3) is 0 Å². The van der Waals surface area contributed by atoms with Crippen LogP contribution >= 0.6 is 0 Å². The molecule has 4 N–H and O–H groups in total. The van der Waals surface area contributed by atoms with Gasteiger partial charge >= 0.3 is 5.97 Å². The van der Waals surface area contributed by atoms with Gasteiger partial charge in [-0.1, -0.05) is 45.4 Å². The Hall–Kier alpha value is -0.690. The molecule has 0 rings (SSSR count). The van der Waals surface area contributed by atoms with Gasteiger partial charge in [-0.3, -0.25) is 9.69 Å². The van der Waals surface area contributed by atoms with Crippen molar-refractivity contribution in [2.75, 3.05) is 19.6 Å². The van der Waals surface area contributed by atoms with Crippen LogP contribution in [0.2, 0.25) is 0 Å². The fourth-order valence-corrected chi connectivity index (χ4v) is 2.58. The fraction of sp³-hybridized carbons (Fsp3) is 0.947. The lowest BCUT2D eigenvalue weighted by Crippen LogP contribution is -2.40. The van der Waals surface area contributed by atoms with Crippen molar-refractivity contribution in [2.45, 2.75) is 97.4 Å². The number of carboxylic acid groups (broad SMARTS) is 1. The van der Waals surface area contributed by atoms with Crippen molar-refractivity contribution in [1.29, 1.82) is 0 Å². The van der Waals surface area contributed by atoms with Gasteiger partial charge in [0, 0.05) is 26.1 Å². The largest absolute Gasteiger partial charge is 0.481 e. The molecule has 0 saturated heterocycles. The van der Waals surface area contributed by atoms with Gasteiger partial charge in [-0.25, -0.2) is 0 Å². The van der Waals surface area contributed by atoms with Crippen LogP contribution < -0.4 is 0 Å². The molecule has 0 radical (unpaired) electrons. The zero-order chi connectivity index (χ0) is 19.7. The molecule has 152 valence electrons. The zero-order valence-corrected chi connectivity index (χ0v) is 16.7. The average molecular weight is 364 g/mol.